The minimum Gasteiger partial charge on any atom is -0.307 e. The minimum atomic E-state index is 0.180. The second-order valence-electron chi connectivity index (χ2n) is 4.54. The van der Waals surface area contributed by atoms with Crippen molar-refractivity contribution in [3.05, 3.63) is 0 Å². The van der Waals surface area contributed by atoms with Crippen LogP contribution in [0.5, 0.6) is 0 Å². The third-order valence-electron chi connectivity index (χ3n) is 3.71. The molecule has 2 heteroatoms. The van der Waals surface area contributed by atoms with E-state index in [-0.39, 0.29) is 6.04 Å². The van der Waals surface area contributed by atoms with Gasteiger partial charge in [0.1, 0.15) is 5.78 Å². The van der Waals surface area contributed by atoms with Gasteiger partial charge in [-0.15, -0.1) is 0 Å². The maximum atomic E-state index is 11.4. The third-order valence-corrected chi connectivity index (χ3v) is 3.71. The van der Waals surface area contributed by atoms with Crippen molar-refractivity contribution in [2.24, 2.45) is 11.8 Å². The van der Waals surface area contributed by atoms with E-state index >= 15 is 0 Å². The highest BCUT2D eigenvalue weighted by molar-refractivity contribution is 5.81. The van der Waals surface area contributed by atoms with Gasteiger partial charge in [-0.3, -0.25) is 4.79 Å². The molecule has 0 aromatic carbocycles. The number of rotatable bonds is 1. The Labute approximate surface area is 80.1 Å². The fraction of sp³-hybridized carbons (Fsp3) is 0.909. The molecule has 2 unspecified atom stereocenters. The fourth-order valence-electron chi connectivity index (χ4n) is 3.05. The number of fused-ring (bicyclic) bond motifs is 1. The number of Topliss-reactive ketones (excluding diaryl/α,β-unsaturated/α-hetero) is 1. The van der Waals surface area contributed by atoms with E-state index in [1.807, 2.05) is 0 Å². The molecule has 0 bridgehead atoms. The highest BCUT2D eigenvalue weighted by Crippen LogP contribution is 2.36. The highest BCUT2D eigenvalue weighted by atomic mass is 16.1. The van der Waals surface area contributed by atoms with Crippen molar-refractivity contribution in [3.63, 3.8) is 0 Å². The van der Waals surface area contributed by atoms with Crippen molar-refractivity contribution in [2.45, 2.75) is 45.1 Å². The van der Waals surface area contributed by atoms with Gasteiger partial charge in [-0.05, 0) is 38.1 Å². The largest absolute Gasteiger partial charge is 0.307 e. The summed E-state index contributed by atoms with van der Waals surface area (Å²) in [7, 11) is 0. The summed E-state index contributed by atoms with van der Waals surface area (Å²) in [5.41, 5.74) is 0. The second-order valence-corrected chi connectivity index (χ2v) is 4.54. The number of carbonyl (C=O) groups is 1. The van der Waals surface area contributed by atoms with Crippen LogP contribution in [0.4, 0.5) is 0 Å². The first-order chi connectivity index (χ1) is 6.29. The van der Waals surface area contributed by atoms with Gasteiger partial charge in [0.05, 0.1) is 6.04 Å². The van der Waals surface area contributed by atoms with Gasteiger partial charge in [0, 0.05) is 0 Å². The van der Waals surface area contributed by atoms with Gasteiger partial charge in [-0.2, -0.15) is 0 Å². The monoisotopic (exact) mass is 181 g/mol. The molecule has 2 nitrogen and oxygen atoms in total. The zero-order valence-corrected chi connectivity index (χ0v) is 8.38. The molecule has 0 aromatic rings. The molecule has 0 amide bonds. The van der Waals surface area contributed by atoms with Crippen LogP contribution in [-0.4, -0.2) is 18.4 Å². The summed E-state index contributed by atoms with van der Waals surface area (Å²) in [5.74, 6) is 1.83. The summed E-state index contributed by atoms with van der Waals surface area (Å²) in [6, 6.07) is 0.180. The van der Waals surface area contributed by atoms with Crippen molar-refractivity contribution < 1.29 is 4.79 Å². The van der Waals surface area contributed by atoms with E-state index in [4.69, 9.17) is 0 Å². The molecule has 13 heavy (non-hydrogen) atoms. The Morgan fingerprint density at radius 3 is 2.77 bits per heavy atom. The van der Waals surface area contributed by atoms with E-state index in [0.717, 1.165) is 12.5 Å². The lowest BCUT2D eigenvalue weighted by atomic mass is 9.71. The van der Waals surface area contributed by atoms with Crippen molar-refractivity contribution >= 4 is 5.78 Å². The van der Waals surface area contributed by atoms with Crippen LogP contribution in [0.15, 0.2) is 0 Å². The van der Waals surface area contributed by atoms with Gasteiger partial charge in [-0.1, -0.05) is 19.3 Å². The van der Waals surface area contributed by atoms with Crippen LogP contribution < -0.4 is 5.32 Å². The van der Waals surface area contributed by atoms with Crippen molar-refractivity contribution in [1.82, 2.24) is 5.32 Å². The molecule has 1 saturated heterocycles. The fourth-order valence-corrected chi connectivity index (χ4v) is 3.05. The Balaban J connectivity index is 2.06. The Morgan fingerprint density at radius 2 is 2.00 bits per heavy atom. The molecule has 2 aliphatic rings. The van der Waals surface area contributed by atoms with Crippen LogP contribution in [0, 0.1) is 11.8 Å². The molecule has 3 atom stereocenters. The quantitative estimate of drug-likeness (QED) is 0.667. The molecule has 2 rings (SSSR count). The van der Waals surface area contributed by atoms with Crippen LogP contribution >= 0.6 is 0 Å². The van der Waals surface area contributed by atoms with Gasteiger partial charge in [-0.25, -0.2) is 0 Å². The zero-order chi connectivity index (χ0) is 9.26. The number of hydrogen-bond donors (Lipinski definition) is 1. The summed E-state index contributed by atoms with van der Waals surface area (Å²) < 4.78 is 0. The molecular weight excluding hydrogens is 162 g/mol. The number of nitrogens with one attached hydrogen (secondary N) is 1. The molecule has 0 spiro atoms. The maximum absolute atomic E-state index is 11.4. The van der Waals surface area contributed by atoms with Gasteiger partial charge in [0.2, 0.25) is 0 Å². The Morgan fingerprint density at radius 1 is 1.23 bits per heavy atom. The predicted octanol–water partition coefficient (Wildman–Crippen LogP) is 1.74. The van der Waals surface area contributed by atoms with Gasteiger partial charge in [0.25, 0.3) is 0 Å². The van der Waals surface area contributed by atoms with E-state index in [1.165, 1.54) is 32.1 Å². The molecule has 2 fully saturated rings. The SMILES string of the molecule is CC(=O)[C@H]1NCCC2CCCCC21. The molecular formula is C11H19NO. The smallest absolute Gasteiger partial charge is 0.146 e. The molecule has 1 saturated carbocycles. The molecule has 1 heterocycles. The van der Waals surface area contributed by atoms with Crippen LogP contribution in [0.1, 0.15) is 39.0 Å². The van der Waals surface area contributed by atoms with Gasteiger partial charge in [0.15, 0.2) is 0 Å². The van der Waals surface area contributed by atoms with Crippen molar-refractivity contribution in [3.8, 4) is 0 Å². The number of carbonyl (C=O) groups excluding carboxylic acids is 1. The van der Waals surface area contributed by atoms with Crippen LogP contribution in [0.2, 0.25) is 0 Å². The van der Waals surface area contributed by atoms with E-state index in [9.17, 15) is 4.79 Å². The minimum absolute atomic E-state index is 0.180. The first-order valence-corrected chi connectivity index (χ1v) is 5.53. The Kier molecular flexibility index (Phi) is 2.68. The summed E-state index contributed by atoms with van der Waals surface area (Å²) >= 11 is 0. The normalized spacial score (nSPS) is 39.6. The van der Waals surface area contributed by atoms with Crippen LogP contribution in [0.3, 0.4) is 0 Å². The summed E-state index contributed by atoms with van der Waals surface area (Å²) in [6.07, 6.45) is 6.62. The van der Waals surface area contributed by atoms with Crippen LogP contribution in [0.25, 0.3) is 0 Å². The number of ketones is 1. The summed E-state index contributed by atoms with van der Waals surface area (Å²) in [4.78, 5) is 11.4. The first-order valence-electron chi connectivity index (χ1n) is 5.53. The third kappa shape index (κ3) is 1.78. The van der Waals surface area contributed by atoms with Crippen molar-refractivity contribution in [2.75, 3.05) is 6.54 Å². The van der Waals surface area contributed by atoms with E-state index in [0.29, 0.717) is 11.7 Å². The first kappa shape index (κ1) is 9.20. The predicted molar refractivity (Wildman–Crippen MR) is 52.5 cm³/mol. The molecule has 1 aliphatic heterocycles. The number of piperidine rings is 1. The zero-order valence-electron chi connectivity index (χ0n) is 8.38. The van der Waals surface area contributed by atoms with Crippen LogP contribution in [-0.2, 0) is 4.79 Å². The summed E-state index contributed by atoms with van der Waals surface area (Å²) in [5, 5.41) is 3.37. The van der Waals surface area contributed by atoms with Gasteiger partial charge >= 0.3 is 0 Å². The molecule has 0 aromatic heterocycles. The standard InChI is InChI=1S/C11H19NO/c1-8(13)11-10-5-3-2-4-9(10)6-7-12-11/h9-12H,2-7H2,1H3/t9?,10?,11-/m1/s1. The molecule has 74 valence electrons. The van der Waals surface area contributed by atoms with Gasteiger partial charge < -0.3 is 5.32 Å². The Hall–Kier alpha value is -0.370. The lowest BCUT2D eigenvalue weighted by Gasteiger charge is -2.40. The van der Waals surface area contributed by atoms with E-state index < -0.39 is 0 Å². The lowest BCUT2D eigenvalue weighted by Crippen LogP contribution is -2.50. The molecule has 0 radical (unpaired) electrons. The molecule has 1 N–H and O–H groups in total. The van der Waals surface area contributed by atoms with Crippen molar-refractivity contribution in [1.29, 1.82) is 0 Å². The van der Waals surface area contributed by atoms with E-state index in [1.54, 1.807) is 6.92 Å². The molecule has 1 aliphatic carbocycles. The lowest BCUT2D eigenvalue weighted by molar-refractivity contribution is -0.122. The van der Waals surface area contributed by atoms with E-state index in [2.05, 4.69) is 5.32 Å². The number of hydrogen-bond acceptors (Lipinski definition) is 2. The second kappa shape index (κ2) is 3.79. The maximum Gasteiger partial charge on any atom is 0.146 e. The average Bonchev–Trinajstić information content (AvgIpc) is 2.17. The summed E-state index contributed by atoms with van der Waals surface area (Å²) in [6.45, 7) is 2.78. The topological polar surface area (TPSA) is 29.1 Å². The average molecular weight is 181 g/mol. The highest BCUT2D eigenvalue weighted by Gasteiger charge is 2.36. The Bertz CT molecular complexity index is 200.